The monoisotopic (exact) mass is 221 g/mol. The second kappa shape index (κ2) is 6.88. The summed E-state index contributed by atoms with van der Waals surface area (Å²) in [4.78, 5) is 11.3. The van der Waals surface area contributed by atoms with Crippen LogP contribution in [0.15, 0.2) is 22.6 Å². The van der Waals surface area contributed by atoms with Gasteiger partial charge in [-0.3, -0.25) is 4.79 Å². The van der Waals surface area contributed by atoms with E-state index in [1.165, 1.54) is 6.08 Å². The molecule has 0 aromatic carbocycles. The van der Waals surface area contributed by atoms with Gasteiger partial charge in [-0.25, -0.2) is 0 Å². The number of amides is 1. The molecule has 0 bridgehead atoms. The lowest BCUT2D eigenvalue weighted by Crippen LogP contribution is -2.21. The second-order valence-corrected chi connectivity index (χ2v) is 3.78. The molecule has 0 aliphatic carbocycles. The summed E-state index contributed by atoms with van der Waals surface area (Å²) in [5, 5.41) is 2.83. The van der Waals surface area contributed by atoms with E-state index in [0.717, 1.165) is 31.6 Å². The predicted octanol–water partition coefficient (Wildman–Crippen LogP) is 2.91. The number of rotatable bonds is 6. The van der Waals surface area contributed by atoms with Crippen molar-refractivity contribution in [2.24, 2.45) is 0 Å². The molecule has 0 saturated carbocycles. The van der Waals surface area contributed by atoms with Gasteiger partial charge in [-0.15, -0.1) is 0 Å². The summed E-state index contributed by atoms with van der Waals surface area (Å²) in [6, 6.07) is 3.72. The molecule has 0 saturated heterocycles. The average Bonchev–Trinajstić information content (AvgIpc) is 2.68. The van der Waals surface area contributed by atoms with Gasteiger partial charge in [0.05, 0.1) is 0 Å². The van der Waals surface area contributed by atoms with Gasteiger partial charge in [0.2, 0.25) is 5.91 Å². The molecule has 1 amide bonds. The fraction of sp³-hybridized carbons (Fsp3) is 0.462. The van der Waals surface area contributed by atoms with Gasteiger partial charge in [0, 0.05) is 12.6 Å². The molecule has 0 aliphatic heterocycles. The molecule has 1 aromatic rings. The third kappa shape index (κ3) is 4.82. The Morgan fingerprint density at radius 3 is 2.88 bits per heavy atom. The first-order valence-corrected chi connectivity index (χ1v) is 5.74. The van der Waals surface area contributed by atoms with Gasteiger partial charge in [0.25, 0.3) is 0 Å². The number of aryl methyl sites for hydroxylation is 1. The Hall–Kier alpha value is -1.51. The highest BCUT2D eigenvalue weighted by Gasteiger charge is 1.96. The van der Waals surface area contributed by atoms with E-state index in [2.05, 4.69) is 12.2 Å². The zero-order chi connectivity index (χ0) is 11.8. The first-order chi connectivity index (χ1) is 7.72. The minimum absolute atomic E-state index is 0.0647. The van der Waals surface area contributed by atoms with Crippen LogP contribution in [-0.2, 0) is 4.79 Å². The van der Waals surface area contributed by atoms with Crippen molar-refractivity contribution in [2.75, 3.05) is 6.54 Å². The van der Waals surface area contributed by atoms with Crippen LogP contribution in [0.1, 0.15) is 37.7 Å². The van der Waals surface area contributed by atoms with Crippen molar-refractivity contribution < 1.29 is 9.21 Å². The van der Waals surface area contributed by atoms with E-state index in [0.29, 0.717) is 5.76 Å². The molecular formula is C13H19NO2. The summed E-state index contributed by atoms with van der Waals surface area (Å²) in [6.45, 7) is 4.76. The molecule has 1 heterocycles. The lowest BCUT2D eigenvalue weighted by Gasteiger charge is -1.99. The van der Waals surface area contributed by atoms with Gasteiger partial charge in [-0.2, -0.15) is 0 Å². The Bertz CT molecular complexity index is 353. The molecule has 88 valence electrons. The van der Waals surface area contributed by atoms with E-state index < -0.39 is 0 Å². The van der Waals surface area contributed by atoms with Gasteiger partial charge in [0.15, 0.2) is 0 Å². The number of carbonyl (C=O) groups excluding carboxylic acids is 1. The van der Waals surface area contributed by atoms with E-state index in [1.54, 1.807) is 6.08 Å². The van der Waals surface area contributed by atoms with Crippen molar-refractivity contribution >= 4 is 12.0 Å². The molecule has 0 spiro atoms. The van der Waals surface area contributed by atoms with Crippen LogP contribution in [0.2, 0.25) is 0 Å². The van der Waals surface area contributed by atoms with Crippen molar-refractivity contribution in [2.45, 2.75) is 33.1 Å². The third-order valence-corrected chi connectivity index (χ3v) is 2.24. The minimum atomic E-state index is -0.0647. The van der Waals surface area contributed by atoms with E-state index in [9.17, 15) is 4.79 Å². The second-order valence-electron chi connectivity index (χ2n) is 3.78. The lowest BCUT2D eigenvalue weighted by atomic mass is 10.2. The highest BCUT2D eigenvalue weighted by molar-refractivity contribution is 5.91. The average molecular weight is 221 g/mol. The number of unbranched alkanes of at least 4 members (excludes halogenated alkanes) is 2. The Morgan fingerprint density at radius 2 is 2.25 bits per heavy atom. The zero-order valence-electron chi connectivity index (χ0n) is 9.95. The zero-order valence-corrected chi connectivity index (χ0v) is 9.95. The number of nitrogens with one attached hydrogen (secondary N) is 1. The maximum absolute atomic E-state index is 11.3. The molecule has 3 heteroatoms. The fourth-order valence-electron chi connectivity index (χ4n) is 1.35. The van der Waals surface area contributed by atoms with E-state index >= 15 is 0 Å². The van der Waals surface area contributed by atoms with Gasteiger partial charge in [-0.1, -0.05) is 19.8 Å². The van der Waals surface area contributed by atoms with E-state index in [-0.39, 0.29) is 5.91 Å². The van der Waals surface area contributed by atoms with Gasteiger partial charge >= 0.3 is 0 Å². The van der Waals surface area contributed by atoms with Gasteiger partial charge in [-0.05, 0) is 31.6 Å². The van der Waals surface area contributed by atoms with Crippen molar-refractivity contribution in [3.8, 4) is 0 Å². The molecule has 0 atom stereocenters. The van der Waals surface area contributed by atoms with E-state index in [1.807, 2.05) is 19.1 Å². The Balaban J connectivity index is 2.26. The molecule has 0 aliphatic rings. The van der Waals surface area contributed by atoms with Gasteiger partial charge < -0.3 is 9.73 Å². The fourth-order valence-corrected chi connectivity index (χ4v) is 1.35. The minimum Gasteiger partial charge on any atom is -0.462 e. The standard InChI is InChI=1S/C13H19NO2/c1-3-4-5-10-14-13(15)9-8-12-7-6-11(2)16-12/h6-9H,3-5,10H2,1-2H3,(H,14,15). The molecule has 1 aromatic heterocycles. The number of hydrogen-bond acceptors (Lipinski definition) is 2. The quantitative estimate of drug-likeness (QED) is 0.593. The maximum Gasteiger partial charge on any atom is 0.244 e. The first-order valence-electron chi connectivity index (χ1n) is 5.74. The Morgan fingerprint density at radius 1 is 1.44 bits per heavy atom. The van der Waals surface area contributed by atoms with Crippen molar-refractivity contribution in [3.63, 3.8) is 0 Å². The molecule has 1 rings (SSSR count). The number of hydrogen-bond donors (Lipinski definition) is 1. The Labute approximate surface area is 96.5 Å². The number of furan rings is 1. The molecule has 1 N–H and O–H groups in total. The highest BCUT2D eigenvalue weighted by Crippen LogP contribution is 2.07. The SMILES string of the molecule is CCCCCNC(=O)C=Cc1ccc(C)o1. The van der Waals surface area contributed by atoms with Crippen molar-refractivity contribution in [3.05, 3.63) is 29.7 Å². The summed E-state index contributed by atoms with van der Waals surface area (Å²) in [5.41, 5.74) is 0. The van der Waals surface area contributed by atoms with E-state index in [4.69, 9.17) is 4.42 Å². The summed E-state index contributed by atoms with van der Waals surface area (Å²) in [5.74, 6) is 1.49. The van der Waals surface area contributed by atoms with Crippen molar-refractivity contribution in [1.82, 2.24) is 5.32 Å². The maximum atomic E-state index is 11.3. The Kier molecular flexibility index (Phi) is 5.40. The molecule has 16 heavy (non-hydrogen) atoms. The largest absolute Gasteiger partial charge is 0.462 e. The predicted molar refractivity (Wildman–Crippen MR) is 65.0 cm³/mol. The number of carbonyl (C=O) groups is 1. The lowest BCUT2D eigenvalue weighted by molar-refractivity contribution is -0.116. The van der Waals surface area contributed by atoms with Crippen molar-refractivity contribution in [1.29, 1.82) is 0 Å². The normalized spacial score (nSPS) is 10.9. The summed E-state index contributed by atoms with van der Waals surface area (Å²) in [7, 11) is 0. The molecule has 3 nitrogen and oxygen atoms in total. The summed E-state index contributed by atoms with van der Waals surface area (Å²) >= 11 is 0. The first kappa shape index (κ1) is 12.6. The molecule has 0 fully saturated rings. The van der Waals surface area contributed by atoms with Crippen LogP contribution >= 0.6 is 0 Å². The van der Waals surface area contributed by atoms with Crippen LogP contribution in [0.3, 0.4) is 0 Å². The van der Waals surface area contributed by atoms with Crippen LogP contribution in [0.5, 0.6) is 0 Å². The topological polar surface area (TPSA) is 42.2 Å². The molecule has 0 radical (unpaired) electrons. The highest BCUT2D eigenvalue weighted by atomic mass is 16.3. The van der Waals surface area contributed by atoms with Crippen LogP contribution in [0.4, 0.5) is 0 Å². The van der Waals surface area contributed by atoms with Gasteiger partial charge in [0.1, 0.15) is 11.5 Å². The molecule has 0 unspecified atom stereocenters. The van der Waals surface area contributed by atoms with Crippen LogP contribution in [0, 0.1) is 6.92 Å². The summed E-state index contributed by atoms with van der Waals surface area (Å²) < 4.78 is 5.31. The molecular weight excluding hydrogens is 202 g/mol. The van der Waals surface area contributed by atoms with Crippen LogP contribution < -0.4 is 5.32 Å². The third-order valence-electron chi connectivity index (χ3n) is 2.24. The van der Waals surface area contributed by atoms with Crippen LogP contribution in [0.25, 0.3) is 6.08 Å². The summed E-state index contributed by atoms with van der Waals surface area (Å²) in [6.07, 6.45) is 6.54. The smallest absolute Gasteiger partial charge is 0.244 e. The van der Waals surface area contributed by atoms with Crippen LogP contribution in [-0.4, -0.2) is 12.5 Å².